The Morgan fingerprint density at radius 1 is 1.00 bits per heavy atom. The van der Waals surface area contributed by atoms with Gasteiger partial charge < -0.3 is 15.0 Å². The summed E-state index contributed by atoms with van der Waals surface area (Å²) in [7, 11) is 0. The number of nitrogens with one attached hydrogen (secondary N) is 2. The molecule has 2 aromatic heterocycles. The third-order valence-electron chi connectivity index (χ3n) is 9.90. The summed E-state index contributed by atoms with van der Waals surface area (Å²) in [6.45, 7) is 8.97. The molecule has 0 radical (unpaired) electrons. The van der Waals surface area contributed by atoms with Crippen LogP contribution in [0.4, 0.5) is 10.5 Å². The summed E-state index contributed by atoms with van der Waals surface area (Å²) in [6.07, 6.45) is 1.50. The van der Waals surface area contributed by atoms with Crippen molar-refractivity contribution in [1.29, 1.82) is 0 Å². The van der Waals surface area contributed by atoms with Crippen molar-refractivity contribution < 1.29 is 23.9 Å². The number of nitrogens with zero attached hydrogens (tertiary/aromatic N) is 6. The van der Waals surface area contributed by atoms with Gasteiger partial charge in [-0.25, -0.2) is 4.79 Å². The Kier molecular flexibility index (Phi) is 9.86. The van der Waals surface area contributed by atoms with Crippen molar-refractivity contribution in [2.75, 3.05) is 31.1 Å². The number of urea groups is 1. The van der Waals surface area contributed by atoms with E-state index in [0.29, 0.717) is 53.8 Å². The maximum absolute atomic E-state index is 13.6. The van der Waals surface area contributed by atoms with Crippen LogP contribution in [0.5, 0.6) is 5.75 Å². The first kappa shape index (κ1) is 35.3. The molecular formula is C37H39ClN8O5S. The number of hydrogen-bond acceptors (Lipinski definition) is 9. The number of aryl methyl sites for hydroxylation is 2. The topological polar surface area (TPSA) is 151 Å². The van der Waals surface area contributed by atoms with Gasteiger partial charge in [-0.3, -0.25) is 34.2 Å². The number of piperidine rings is 1. The molecule has 0 saturated carbocycles. The summed E-state index contributed by atoms with van der Waals surface area (Å²) in [5.74, 6) is 1.22. The van der Waals surface area contributed by atoms with Crippen LogP contribution >= 0.6 is 22.9 Å². The second-order valence-corrected chi connectivity index (χ2v) is 14.9. The Morgan fingerprint density at radius 2 is 1.75 bits per heavy atom. The lowest BCUT2D eigenvalue weighted by atomic mass is 9.99. The number of fused-ring (bicyclic) bond motifs is 3. The molecule has 0 unspecified atom stereocenters. The quantitative estimate of drug-likeness (QED) is 0.254. The lowest BCUT2D eigenvalue weighted by Crippen LogP contribution is -2.49. The largest absolute Gasteiger partial charge is 0.483 e. The number of aromatic nitrogens is 3. The van der Waals surface area contributed by atoms with E-state index < -0.39 is 12.1 Å². The van der Waals surface area contributed by atoms with Crippen LogP contribution in [-0.2, 0) is 14.4 Å². The first-order valence-corrected chi connectivity index (χ1v) is 18.4. The number of amides is 5. The number of likely N-dealkylation sites (tertiary alicyclic amines) is 1. The van der Waals surface area contributed by atoms with Crippen molar-refractivity contribution in [3.8, 4) is 10.8 Å². The van der Waals surface area contributed by atoms with Gasteiger partial charge in [0.2, 0.25) is 11.8 Å². The van der Waals surface area contributed by atoms with Gasteiger partial charge in [-0.05, 0) is 70.4 Å². The average molecular weight is 743 g/mol. The number of carbonyl (C=O) groups is 4. The molecule has 2 aromatic carbocycles. The molecule has 13 nitrogen and oxygen atoms in total. The number of ether oxygens (including phenoxy) is 1. The molecule has 5 heterocycles. The first-order chi connectivity index (χ1) is 25.0. The normalized spacial score (nSPS) is 17.6. The Labute approximate surface area is 310 Å². The van der Waals surface area contributed by atoms with Gasteiger partial charge in [0.15, 0.2) is 12.4 Å². The predicted molar refractivity (Wildman–Crippen MR) is 198 cm³/mol. The molecule has 3 aliphatic rings. The van der Waals surface area contributed by atoms with Crippen LogP contribution in [0.2, 0.25) is 5.02 Å². The third kappa shape index (κ3) is 6.92. The minimum atomic E-state index is -0.571. The summed E-state index contributed by atoms with van der Waals surface area (Å²) >= 11 is 7.90. The second kappa shape index (κ2) is 14.5. The van der Waals surface area contributed by atoms with Crippen LogP contribution < -0.4 is 20.3 Å². The molecule has 15 heteroatoms. The molecule has 2 fully saturated rings. The highest BCUT2D eigenvalue weighted by Crippen LogP contribution is 2.39. The minimum Gasteiger partial charge on any atom is -0.483 e. The number of halogens is 1. The Hall–Kier alpha value is -5.08. The van der Waals surface area contributed by atoms with Crippen molar-refractivity contribution in [2.24, 2.45) is 4.99 Å². The second-order valence-electron chi connectivity index (χ2n) is 13.3. The zero-order valence-corrected chi connectivity index (χ0v) is 30.9. The summed E-state index contributed by atoms with van der Waals surface area (Å²) in [5.41, 5.74) is 5.16. The zero-order chi connectivity index (χ0) is 36.7. The monoisotopic (exact) mass is 742 g/mol. The maximum Gasteiger partial charge on any atom is 0.328 e. The molecule has 4 aromatic rings. The number of carbonyl (C=O) groups excluding carboxylic acids is 4. The van der Waals surface area contributed by atoms with E-state index in [-0.39, 0.29) is 49.8 Å². The van der Waals surface area contributed by atoms with E-state index in [2.05, 4.69) is 34.7 Å². The van der Waals surface area contributed by atoms with Crippen molar-refractivity contribution in [3.63, 3.8) is 0 Å². The van der Waals surface area contributed by atoms with Crippen molar-refractivity contribution in [2.45, 2.75) is 65.5 Å². The number of imide groups is 1. The van der Waals surface area contributed by atoms with E-state index in [1.165, 1.54) is 9.78 Å². The average Bonchev–Trinajstić information content (AvgIpc) is 3.60. The summed E-state index contributed by atoms with van der Waals surface area (Å²) < 4.78 is 7.95. The molecular weight excluding hydrogens is 704 g/mol. The molecule has 52 heavy (non-hydrogen) atoms. The van der Waals surface area contributed by atoms with Gasteiger partial charge in [0, 0.05) is 58.7 Å². The Morgan fingerprint density at radius 3 is 2.48 bits per heavy atom. The molecule has 270 valence electrons. The molecule has 1 atom stereocenters. The number of thiophene rings is 1. The Balaban J connectivity index is 0.985. The molecule has 3 aliphatic heterocycles. The minimum absolute atomic E-state index is 0.0863. The summed E-state index contributed by atoms with van der Waals surface area (Å²) in [6, 6.07) is 11.7. The lowest BCUT2D eigenvalue weighted by Gasteiger charge is -2.32. The van der Waals surface area contributed by atoms with Gasteiger partial charge in [-0.2, -0.15) is 0 Å². The van der Waals surface area contributed by atoms with E-state index in [1.54, 1.807) is 34.4 Å². The standard InChI is InChI=1S/C37H39ClN8O5S/c1-20-22(3)52-36-33(20)34(24-8-10-25(38)11-9-24)40-27(35-43-42-23(4)46(35)36)18-31(48)39-26-12-15-44(16-13-26)32(49)19-51-29-7-5-6-28(21(29)2)45-17-14-30(47)41-37(45)50/h5-11,26-27H,12-19H2,1-4H3,(H,39,48)(H,41,47,50)/t27-/m0/s1. The van der Waals surface area contributed by atoms with E-state index >= 15 is 0 Å². The van der Waals surface area contributed by atoms with Crippen LogP contribution in [0.3, 0.4) is 0 Å². The fourth-order valence-corrected chi connectivity index (χ4v) is 8.28. The maximum atomic E-state index is 13.6. The van der Waals surface area contributed by atoms with Gasteiger partial charge in [-0.15, -0.1) is 21.5 Å². The van der Waals surface area contributed by atoms with Crippen LogP contribution in [0.15, 0.2) is 47.5 Å². The molecule has 7 rings (SSSR count). The van der Waals surface area contributed by atoms with E-state index in [4.69, 9.17) is 21.3 Å². The van der Waals surface area contributed by atoms with Crippen molar-refractivity contribution in [1.82, 2.24) is 30.3 Å². The number of hydrogen-bond donors (Lipinski definition) is 2. The van der Waals surface area contributed by atoms with E-state index in [9.17, 15) is 19.2 Å². The Bertz CT molecular complexity index is 2100. The van der Waals surface area contributed by atoms with Gasteiger partial charge in [-0.1, -0.05) is 29.8 Å². The lowest BCUT2D eigenvalue weighted by molar-refractivity contribution is -0.134. The zero-order valence-electron chi connectivity index (χ0n) is 29.4. The smallest absolute Gasteiger partial charge is 0.328 e. The van der Waals surface area contributed by atoms with Gasteiger partial charge >= 0.3 is 6.03 Å². The van der Waals surface area contributed by atoms with Crippen LogP contribution in [-0.4, -0.2) is 81.4 Å². The molecule has 0 aliphatic carbocycles. The highest BCUT2D eigenvalue weighted by Gasteiger charge is 2.33. The first-order valence-electron chi connectivity index (χ1n) is 17.3. The fourth-order valence-electron chi connectivity index (χ4n) is 6.94. The highest BCUT2D eigenvalue weighted by molar-refractivity contribution is 7.15. The molecule has 0 spiro atoms. The summed E-state index contributed by atoms with van der Waals surface area (Å²) in [4.78, 5) is 60.3. The highest BCUT2D eigenvalue weighted by atomic mass is 35.5. The number of benzene rings is 2. The third-order valence-corrected chi connectivity index (χ3v) is 11.3. The van der Waals surface area contributed by atoms with Crippen molar-refractivity contribution in [3.05, 3.63) is 86.3 Å². The van der Waals surface area contributed by atoms with E-state index in [0.717, 1.165) is 33.2 Å². The van der Waals surface area contributed by atoms with Crippen LogP contribution in [0.1, 0.15) is 70.5 Å². The van der Waals surface area contributed by atoms with Gasteiger partial charge in [0.1, 0.15) is 22.6 Å². The predicted octanol–water partition coefficient (Wildman–Crippen LogP) is 5.13. The molecule has 0 bridgehead atoms. The molecule has 2 saturated heterocycles. The van der Waals surface area contributed by atoms with Gasteiger partial charge in [0.05, 0.1) is 17.8 Å². The van der Waals surface area contributed by atoms with E-state index in [1.807, 2.05) is 42.7 Å². The number of anilines is 1. The number of rotatable bonds is 8. The molecule has 5 amide bonds. The SMILES string of the molecule is Cc1sc2c(c1C)C(c1ccc(Cl)cc1)=N[C@@H](CC(=O)NC1CCN(C(=O)COc3cccc(N4CCC(=O)NC4=O)c3C)CC1)c1nnc(C)n1-2. The summed E-state index contributed by atoms with van der Waals surface area (Å²) in [5, 5.41) is 16.0. The fraction of sp³-hybridized carbons (Fsp3) is 0.378. The van der Waals surface area contributed by atoms with Crippen molar-refractivity contribution >= 4 is 58.1 Å². The van der Waals surface area contributed by atoms with Gasteiger partial charge in [0.25, 0.3) is 5.91 Å². The van der Waals surface area contributed by atoms with Crippen LogP contribution in [0, 0.1) is 27.7 Å². The molecule has 2 N–H and O–H groups in total. The number of aliphatic imine (C=N–C) groups is 1. The van der Waals surface area contributed by atoms with Crippen LogP contribution in [0.25, 0.3) is 5.00 Å².